The Kier molecular flexibility index (Phi) is 4.30. The molecule has 2 aromatic carbocycles. The van der Waals surface area contributed by atoms with Gasteiger partial charge in [0.05, 0.1) is 32.0 Å². The predicted octanol–water partition coefficient (Wildman–Crippen LogP) is 2.84. The van der Waals surface area contributed by atoms with E-state index in [1.165, 1.54) is 4.90 Å². The number of rotatable bonds is 4. The van der Waals surface area contributed by atoms with Crippen LogP contribution in [0.4, 0.5) is 5.69 Å². The molecule has 1 spiro atoms. The summed E-state index contributed by atoms with van der Waals surface area (Å²) >= 11 is 0. The third-order valence-corrected chi connectivity index (χ3v) is 5.07. The van der Waals surface area contributed by atoms with E-state index < -0.39 is 11.5 Å². The maximum atomic E-state index is 13.1. The van der Waals surface area contributed by atoms with E-state index in [2.05, 4.69) is 5.16 Å². The van der Waals surface area contributed by atoms with E-state index in [-0.39, 0.29) is 18.7 Å². The van der Waals surface area contributed by atoms with Gasteiger partial charge < -0.3 is 14.3 Å². The minimum atomic E-state index is -1.31. The van der Waals surface area contributed by atoms with Crippen LogP contribution in [-0.4, -0.2) is 37.3 Å². The quantitative estimate of drug-likeness (QED) is 0.763. The summed E-state index contributed by atoms with van der Waals surface area (Å²) in [7, 11) is 3.12. The number of ether oxygens (including phenoxy) is 2. The molecule has 4 rings (SSSR count). The van der Waals surface area contributed by atoms with Gasteiger partial charge in [-0.05, 0) is 37.3 Å². The highest BCUT2D eigenvalue weighted by atomic mass is 16.7. The standard InChI is InChI=1S/C21H20N2O5/c1-13-4-6-14(7-5-13)23-19(24)12-21(20(23)25)11-17(22-28-21)16-10-15(26-2)8-9-18(16)27-3/h4-10H,11-12H2,1-3H3/t21-/m1/s1. The Morgan fingerprint density at radius 2 is 1.79 bits per heavy atom. The molecule has 2 aliphatic heterocycles. The first-order valence-corrected chi connectivity index (χ1v) is 8.89. The molecule has 1 saturated heterocycles. The average molecular weight is 380 g/mol. The van der Waals surface area contributed by atoms with Crippen LogP contribution < -0.4 is 14.4 Å². The van der Waals surface area contributed by atoms with E-state index in [4.69, 9.17) is 14.3 Å². The molecule has 2 heterocycles. The summed E-state index contributed by atoms with van der Waals surface area (Å²) in [6.07, 6.45) is 0.127. The number of carbonyl (C=O) groups is 2. The number of methoxy groups -OCH3 is 2. The number of hydrogen-bond donors (Lipinski definition) is 0. The summed E-state index contributed by atoms with van der Waals surface area (Å²) in [5, 5.41) is 4.13. The number of carbonyl (C=O) groups excluding carboxylic acids is 2. The Balaban J connectivity index is 1.63. The Bertz CT molecular complexity index is 983. The van der Waals surface area contributed by atoms with Gasteiger partial charge in [0.2, 0.25) is 11.5 Å². The molecule has 0 saturated carbocycles. The third-order valence-electron chi connectivity index (χ3n) is 5.07. The largest absolute Gasteiger partial charge is 0.497 e. The molecule has 0 aliphatic carbocycles. The van der Waals surface area contributed by atoms with Crippen molar-refractivity contribution in [2.45, 2.75) is 25.4 Å². The average Bonchev–Trinajstić information content (AvgIpc) is 3.23. The Morgan fingerprint density at radius 3 is 2.46 bits per heavy atom. The van der Waals surface area contributed by atoms with Crippen LogP contribution in [-0.2, 0) is 14.4 Å². The normalized spacial score (nSPS) is 21.1. The van der Waals surface area contributed by atoms with Crippen LogP contribution in [0.2, 0.25) is 0 Å². The summed E-state index contributed by atoms with van der Waals surface area (Å²) in [6.45, 7) is 1.95. The monoisotopic (exact) mass is 380 g/mol. The zero-order chi connectivity index (χ0) is 19.9. The van der Waals surface area contributed by atoms with Crippen molar-refractivity contribution in [2.75, 3.05) is 19.1 Å². The number of amides is 2. The molecule has 0 radical (unpaired) electrons. The Hall–Kier alpha value is -3.35. The summed E-state index contributed by atoms with van der Waals surface area (Å²) in [4.78, 5) is 32.5. The Labute approximate surface area is 162 Å². The molecule has 28 heavy (non-hydrogen) atoms. The molecule has 2 amide bonds. The number of hydrogen-bond acceptors (Lipinski definition) is 6. The minimum absolute atomic E-state index is 0.0566. The molecule has 144 valence electrons. The van der Waals surface area contributed by atoms with Crippen molar-refractivity contribution in [1.82, 2.24) is 0 Å². The van der Waals surface area contributed by atoms with E-state index in [1.54, 1.807) is 44.6 Å². The lowest BCUT2D eigenvalue weighted by Gasteiger charge is -2.19. The molecule has 2 aliphatic rings. The maximum absolute atomic E-state index is 13.1. The molecule has 0 bridgehead atoms. The molecule has 0 unspecified atom stereocenters. The second-order valence-electron chi connectivity index (χ2n) is 6.91. The van der Waals surface area contributed by atoms with Gasteiger partial charge >= 0.3 is 0 Å². The fraction of sp³-hybridized carbons (Fsp3) is 0.286. The van der Waals surface area contributed by atoms with Crippen LogP contribution in [0.25, 0.3) is 0 Å². The number of benzene rings is 2. The van der Waals surface area contributed by atoms with Crippen molar-refractivity contribution in [3.8, 4) is 11.5 Å². The van der Waals surface area contributed by atoms with Crippen LogP contribution in [0, 0.1) is 6.92 Å². The van der Waals surface area contributed by atoms with E-state index in [0.717, 1.165) is 5.56 Å². The lowest BCUT2D eigenvalue weighted by Crippen LogP contribution is -2.40. The second kappa shape index (κ2) is 6.67. The molecule has 2 aromatic rings. The second-order valence-corrected chi connectivity index (χ2v) is 6.91. The fourth-order valence-electron chi connectivity index (χ4n) is 3.54. The zero-order valence-electron chi connectivity index (χ0n) is 15.9. The van der Waals surface area contributed by atoms with Gasteiger partial charge in [0.25, 0.3) is 5.91 Å². The Morgan fingerprint density at radius 1 is 1.04 bits per heavy atom. The topological polar surface area (TPSA) is 77.4 Å². The van der Waals surface area contributed by atoms with Gasteiger partial charge in [-0.25, -0.2) is 4.90 Å². The lowest BCUT2D eigenvalue weighted by atomic mass is 9.92. The summed E-state index contributed by atoms with van der Waals surface area (Å²) in [6, 6.07) is 12.6. The number of imide groups is 1. The summed E-state index contributed by atoms with van der Waals surface area (Å²) in [5.41, 5.74) is 1.49. The predicted molar refractivity (Wildman–Crippen MR) is 103 cm³/mol. The molecular formula is C21H20N2O5. The molecule has 7 nitrogen and oxygen atoms in total. The highest BCUT2D eigenvalue weighted by Gasteiger charge is 2.58. The van der Waals surface area contributed by atoms with E-state index in [0.29, 0.717) is 28.5 Å². The highest BCUT2D eigenvalue weighted by molar-refractivity contribution is 6.26. The third kappa shape index (κ3) is 2.79. The number of nitrogens with zero attached hydrogens (tertiary/aromatic N) is 2. The first-order valence-electron chi connectivity index (χ1n) is 8.89. The van der Waals surface area contributed by atoms with Crippen molar-refractivity contribution in [2.24, 2.45) is 5.16 Å². The summed E-state index contributed by atoms with van der Waals surface area (Å²) < 4.78 is 10.7. The number of anilines is 1. The highest BCUT2D eigenvalue weighted by Crippen LogP contribution is 2.40. The molecule has 7 heteroatoms. The number of oxime groups is 1. The van der Waals surface area contributed by atoms with Gasteiger partial charge in [-0.3, -0.25) is 9.59 Å². The van der Waals surface area contributed by atoms with Crippen molar-refractivity contribution >= 4 is 23.2 Å². The van der Waals surface area contributed by atoms with Crippen molar-refractivity contribution in [1.29, 1.82) is 0 Å². The van der Waals surface area contributed by atoms with Crippen LogP contribution >= 0.6 is 0 Å². The first kappa shape index (κ1) is 18.0. The fourth-order valence-corrected chi connectivity index (χ4v) is 3.54. The lowest BCUT2D eigenvalue weighted by molar-refractivity contribution is -0.136. The van der Waals surface area contributed by atoms with Crippen molar-refractivity contribution in [3.63, 3.8) is 0 Å². The van der Waals surface area contributed by atoms with Gasteiger partial charge in [-0.1, -0.05) is 22.9 Å². The number of aryl methyl sites for hydroxylation is 1. The smallest absolute Gasteiger partial charge is 0.281 e. The molecule has 0 N–H and O–H groups in total. The molecule has 1 atom stereocenters. The van der Waals surface area contributed by atoms with Crippen LogP contribution in [0.1, 0.15) is 24.0 Å². The minimum Gasteiger partial charge on any atom is -0.497 e. The molecule has 1 fully saturated rings. The van der Waals surface area contributed by atoms with Gasteiger partial charge in [0, 0.05) is 12.0 Å². The van der Waals surface area contributed by atoms with Crippen LogP contribution in [0.3, 0.4) is 0 Å². The van der Waals surface area contributed by atoms with Crippen LogP contribution in [0.5, 0.6) is 11.5 Å². The van der Waals surface area contributed by atoms with Crippen LogP contribution in [0.15, 0.2) is 47.6 Å². The zero-order valence-corrected chi connectivity index (χ0v) is 15.9. The van der Waals surface area contributed by atoms with E-state index >= 15 is 0 Å². The van der Waals surface area contributed by atoms with Gasteiger partial charge in [0.15, 0.2) is 0 Å². The summed E-state index contributed by atoms with van der Waals surface area (Å²) in [5.74, 6) is 0.520. The van der Waals surface area contributed by atoms with Gasteiger partial charge in [-0.15, -0.1) is 0 Å². The van der Waals surface area contributed by atoms with E-state index in [1.807, 2.05) is 19.1 Å². The van der Waals surface area contributed by atoms with Gasteiger partial charge in [-0.2, -0.15) is 0 Å². The van der Waals surface area contributed by atoms with Gasteiger partial charge in [0.1, 0.15) is 11.5 Å². The van der Waals surface area contributed by atoms with Crippen molar-refractivity contribution in [3.05, 3.63) is 53.6 Å². The first-order chi connectivity index (χ1) is 13.5. The SMILES string of the molecule is COc1ccc(OC)c(C2=NO[C@@]3(CC(=O)N(c4ccc(C)cc4)C3=O)C2)c1. The molecule has 0 aromatic heterocycles. The maximum Gasteiger partial charge on any atom is 0.281 e. The van der Waals surface area contributed by atoms with Crippen molar-refractivity contribution < 1.29 is 23.9 Å². The van der Waals surface area contributed by atoms with E-state index in [9.17, 15) is 9.59 Å². The molecular weight excluding hydrogens is 360 g/mol.